The van der Waals surface area contributed by atoms with E-state index in [1.54, 1.807) is 0 Å². The minimum Gasteiger partial charge on any atom is -0.388 e. The van der Waals surface area contributed by atoms with Gasteiger partial charge in [-0.25, -0.2) is 18.5 Å². The molecular weight excluding hydrogens is 500 g/mol. The van der Waals surface area contributed by atoms with Crippen molar-refractivity contribution in [2.75, 3.05) is 6.61 Å². The smallest absolute Gasteiger partial charge is 0.388 e. The van der Waals surface area contributed by atoms with Gasteiger partial charge in [0.05, 0.1) is 6.61 Å². The topological polar surface area (TPSA) is 244 Å². The number of nitrogens with zero attached hydrogens (tertiary/aromatic N) is 1. The molecule has 20 heteroatoms. The van der Waals surface area contributed by atoms with Crippen molar-refractivity contribution < 1.29 is 56.3 Å². The molecule has 0 aromatic carbocycles. The number of nitrogens with one attached hydrogen (secondary N) is 1. The van der Waals surface area contributed by atoms with Crippen LogP contribution in [0.1, 0.15) is 13.2 Å². The second kappa shape index (κ2) is 8.68. The van der Waals surface area contributed by atoms with Crippen molar-refractivity contribution in [2.24, 2.45) is 0 Å². The minimum absolute atomic E-state index is 0.713. The van der Waals surface area contributed by atoms with E-state index in [1.165, 1.54) is 6.92 Å². The molecule has 2 heterocycles. The van der Waals surface area contributed by atoms with E-state index in [0.29, 0.717) is 0 Å². The Morgan fingerprint density at radius 1 is 1.20 bits per heavy atom. The van der Waals surface area contributed by atoms with Crippen LogP contribution in [-0.2, 0) is 31.6 Å². The number of hydrogen-bond acceptors (Lipinski definition) is 10. The highest BCUT2D eigenvalue weighted by molar-refractivity contribution is 7.66. The van der Waals surface area contributed by atoms with Crippen LogP contribution < -0.4 is 11.2 Å². The molecule has 1 aliphatic heterocycles. The van der Waals surface area contributed by atoms with E-state index in [0.717, 1.165) is 16.8 Å². The van der Waals surface area contributed by atoms with Crippen LogP contribution in [0.2, 0.25) is 0 Å². The number of aliphatic hydroxyl groups is 1. The Morgan fingerprint density at radius 2 is 1.80 bits per heavy atom. The number of H-pyrrole nitrogens is 1. The largest absolute Gasteiger partial charge is 0.490 e. The van der Waals surface area contributed by atoms with Gasteiger partial charge in [-0.15, -0.1) is 11.6 Å². The predicted octanol–water partition coefficient (Wildman–Crippen LogP) is -0.864. The van der Waals surface area contributed by atoms with E-state index in [1.807, 2.05) is 4.98 Å². The third-order valence-electron chi connectivity index (χ3n) is 3.64. The van der Waals surface area contributed by atoms with Gasteiger partial charge in [-0.3, -0.25) is 18.9 Å². The number of rotatable bonds is 8. The summed E-state index contributed by atoms with van der Waals surface area (Å²) in [4.78, 5) is 58.8. The maximum Gasteiger partial charge on any atom is 0.490 e. The van der Waals surface area contributed by atoms with Gasteiger partial charge in [0.25, 0.3) is 5.56 Å². The zero-order valence-corrected chi connectivity index (χ0v) is 18.1. The number of phosphoric ester groups is 1. The fraction of sp³-hybridized carbons (Fsp3) is 0.600. The average molecular weight is 517 g/mol. The molecule has 172 valence electrons. The van der Waals surface area contributed by atoms with Gasteiger partial charge in [0.1, 0.15) is 17.1 Å². The molecule has 2 rings (SSSR count). The maximum atomic E-state index is 11.9. The van der Waals surface area contributed by atoms with E-state index in [-0.39, 0.29) is 0 Å². The first-order valence-electron chi connectivity index (χ1n) is 7.56. The van der Waals surface area contributed by atoms with Gasteiger partial charge in [-0.2, -0.15) is 8.62 Å². The summed E-state index contributed by atoms with van der Waals surface area (Å²) in [6.07, 6.45) is -3.46. The van der Waals surface area contributed by atoms with Crippen LogP contribution in [0.15, 0.2) is 21.9 Å². The van der Waals surface area contributed by atoms with Crippen molar-refractivity contribution in [3.8, 4) is 0 Å². The van der Waals surface area contributed by atoms with Crippen molar-refractivity contribution in [2.45, 2.75) is 30.2 Å². The highest BCUT2D eigenvalue weighted by Crippen LogP contribution is 2.66. The van der Waals surface area contributed by atoms with Crippen LogP contribution in [0, 0.1) is 0 Å². The molecule has 1 aliphatic rings. The van der Waals surface area contributed by atoms with E-state index < -0.39 is 64.6 Å². The minimum atomic E-state index is -5.72. The molecule has 0 spiro atoms. The van der Waals surface area contributed by atoms with Crippen LogP contribution >= 0.6 is 35.1 Å². The molecule has 6 atom stereocenters. The number of aromatic nitrogens is 2. The van der Waals surface area contributed by atoms with Gasteiger partial charge >= 0.3 is 29.2 Å². The molecule has 6 unspecified atom stereocenters. The van der Waals surface area contributed by atoms with Crippen LogP contribution in [-0.4, -0.2) is 57.9 Å². The molecule has 0 bridgehead atoms. The molecule has 0 amide bonds. The Balaban J connectivity index is 2.13. The molecule has 1 aromatic rings. The Bertz CT molecular complexity index is 1050. The molecule has 6 N–H and O–H groups in total. The molecule has 1 saturated heterocycles. The van der Waals surface area contributed by atoms with Crippen molar-refractivity contribution in [3.63, 3.8) is 0 Å². The lowest BCUT2D eigenvalue weighted by Gasteiger charge is -2.26. The van der Waals surface area contributed by atoms with Crippen molar-refractivity contribution in [3.05, 3.63) is 33.1 Å². The summed E-state index contributed by atoms with van der Waals surface area (Å²) in [5, 5.41) is 10.3. The van der Waals surface area contributed by atoms with Crippen molar-refractivity contribution in [1.82, 2.24) is 9.55 Å². The monoisotopic (exact) mass is 516 g/mol. The zero-order valence-electron chi connectivity index (χ0n) is 14.7. The van der Waals surface area contributed by atoms with Crippen molar-refractivity contribution >= 4 is 35.1 Å². The Hall–Kier alpha value is -0.700. The summed E-state index contributed by atoms with van der Waals surface area (Å²) in [7, 11) is -16.7. The predicted molar refractivity (Wildman–Crippen MR) is 95.3 cm³/mol. The lowest BCUT2D eigenvalue weighted by atomic mass is 10.0. The molecule has 1 aromatic heterocycles. The number of ether oxygens (including phenoxy) is 1. The summed E-state index contributed by atoms with van der Waals surface area (Å²) < 4.78 is 51.3. The molecule has 0 aliphatic carbocycles. The first-order chi connectivity index (χ1) is 13.4. The second-order valence-electron chi connectivity index (χ2n) is 6.03. The Morgan fingerprint density at radius 3 is 2.33 bits per heavy atom. The molecule has 0 saturated carbocycles. The van der Waals surface area contributed by atoms with Crippen LogP contribution in [0.5, 0.6) is 0 Å². The molecular formula is C10H16ClN2O14P3. The highest BCUT2D eigenvalue weighted by atomic mass is 35.5. The Labute approximate surface area is 171 Å². The van der Waals surface area contributed by atoms with Crippen LogP contribution in [0.25, 0.3) is 0 Å². The number of aliphatic hydroxyl groups excluding tert-OH is 1. The summed E-state index contributed by atoms with van der Waals surface area (Å²) >= 11 is 6.22. The zero-order chi connectivity index (χ0) is 23.1. The van der Waals surface area contributed by atoms with Crippen molar-refractivity contribution in [1.29, 1.82) is 0 Å². The number of aromatic amines is 1. The Kier molecular flexibility index (Phi) is 7.39. The fourth-order valence-electron chi connectivity index (χ4n) is 2.43. The second-order valence-corrected chi connectivity index (χ2v) is 11.3. The highest BCUT2D eigenvalue weighted by Gasteiger charge is 2.54. The van der Waals surface area contributed by atoms with Gasteiger partial charge < -0.3 is 29.4 Å². The van der Waals surface area contributed by atoms with Gasteiger partial charge in [0.2, 0.25) is 0 Å². The fourth-order valence-corrected chi connectivity index (χ4v) is 5.76. The maximum absolute atomic E-state index is 11.9. The summed E-state index contributed by atoms with van der Waals surface area (Å²) in [6, 6.07) is 0.976. The summed E-state index contributed by atoms with van der Waals surface area (Å²) in [5.41, 5.74) is -1.64. The summed E-state index contributed by atoms with van der Waals surface area (Å²) in [5.74, 6) is 0. The SMILES string of the molecule is CC1(Cl)C(O)C(COP(=O)(O)OP(=O)(O)OP(=O)(O)O)OC1n1ccc(=O)[nH]c1=O. The first-order valence-corrected chi connectivity index (χ1v) is 12.5. The van der Waals surface area contributed by atoms with Gasteiger partial charge in [-0.1, -0.05) is 0 Å². The normalized spacial score (nSPS) is 31.2. The first kappa shape index (κ1) is 25.6. The number of halogens is 1. The van der Waals surface area contributed by atoms with E-state index in [2.05, 4.69) is 13.1 Å². The molecule has 30 heavy (non-hydrogen) atoms. The van der Waals surface area contributed by atoms with E-state index in [9.17, 15) is 33.3 Å². The molecule has 0 radical (unpaired) electrons. The number of phosphoric acid groups is 3. The van der Waals surface area contributed by atoms with Gasteiger partial charge in [-0.05, 0) is 6.92 Å². The summed E-state index contributed by atoms with van der Waals surface area (Å²) in [6.45, 7) is 0.272. The molecule has 1 fully saturated rings. The lowest BCUT2D eigenvalue weighted by Crippen LogP contribution is -2.42. The lowest BCUT2D eigenvalue weighted by molar-refractivity contribution is -0.0460. The third-order valence-corrected chi connectivity index (χ3v) is 7.85. The number of hydrogen-bond donors (Lipinski definition) is 6. The molecule has 16 nitrogen and oxygen atoms in total. The number of alkyl halides is 1. The van der Waals surface area contributed by atoms with Gasteiger partial charge in [0, 0.05) is 12.3 Å². The quantitative estimate of drug-likeness (QED) is 0.182. The van der Waals surface area contributed by atoms with E-state index in [4.69, 9.17) is 31.0 Å². The standard InChI is InChI=1S/C10H16ClN2O14P3/c1-10(11)7(15)5(25-8(10)13-3-2-6(14)12-9(13)16)4-24-29(20,21)27-30(22,23)26-28(17,18)19/h2-3,5,7-8,15H,4H2,1H3,(H,20,21)(H,22,23)(H,12,14,16)(H2,17,18,19). The third kappa shape index (κ3) is 6.40. The van der Waals surface area contributed by atoms with E-state index >= 15 is 0 Å². The average Bonchev–Trinajstić information content (AvgIpc) is 2.73. The van der Waals surface area contributed by atoms with Crippen LogP contribution in [0.4, 0.5) is 0 Å². The van der Waals surface area contributed by atoms with Crippen LogP contribution in [0.3, 0.4) is 0 Å². The van der Waals surface area contributed by atoms with Gasteiger partial charge in [0.15, 0.2) is 6.23 Å².